The van der Waals surface area contributed by atoms with Gasteiger partial charge in [0.25, 0.3) is 0 Å². The minimum Gasteiger partial charge on any atom is -0.373 e. The van der Waals surface area contributed by atoms with E-state index in [4.69, 9.17) is 0 Å². The maximum atomic E-state index is 12.7. The molecule has 0 radical (unpaired) electrons. The first-order valence-electron chi connectivity index (χ1n) is 6.19. The molecule has 2 aromatic rings. The number of aryl methyl sites for hydroxylation is 1. The molecule has 0 saturated heterocycles. The minimum atomic E-state index is -4.59. The molecule has 2 N–H and O–H groups in total. The van der Waals surface area contributed by atoms with E-state index in [1.807, 2.05) is 19.1 Å². The zero-order valence-corrected chi connectivity index (χ0v) is 11.5. The molecule has 0 unspecified atom stereocenters. The van der Waals surface area contributed by atoms with E-state index in [0.29, 0.717) is 5.69 Å². The van der Waals surface area contributed by atoms with Gasteiger partial charge in [0.05, 0.1) is 12.2 Å². The molecule has 0 aliphatic heterocycles. The highest BCUT2D eigenvalue weighted by Gasteiger charge is 2.35. The van der Waals surface area contributed by atoms with E-state index in [1.165, 1.54) is 13.1 Å². The van der Waals surface area contributed by atoms with E-state index < -0.39 is 12.0 Å². The molecule has 0 saturated carbocycles. The summed E-state index contributed by atoms with van der Waals surface area (Å²) in [4.78, 5) is 11.1. The third-order valence-electron chi connectivity index (χ3n) is 2.63. The Morgan fingerprint density at radius 3 is 2.43 bits per heavy atom. The van der Waals surface area contributed by atoms with Crippen LogP contribution in [0, 0.1) is 6.92 Å². The number of rotatable bonds is 4. The van der Waals surface area contributed by atoms with E-state index in [1.54, 1.807) is 6.07 Å². The van der Waals surface area contributed by atoms with Crippen LogP contribution in [0.15, 0.2) is 24.3 Å². The minimum absolute atomic E-state index is 0.0879. The molecule has 0 fully saturated rings. The fourth-order valence-corrected chi connectivity index (χ4v) is 1.67. The number of aromatic nitrogens is 3. The molecule has 21 heavy (non-hydrogen) atoms. The summed E-state index contributed by atoms with van der Waals surface area (Å²) in [7, 11) is 1.49. The van der Waals surface area contributed by atoms with Crippen LogP contribution in [0.1, 0.15) is 17.2 Å². The smallest absolute Gasteiger partial charge is 0.373 e. The quantitative estimate of drug-likeness (QED) is 0.908. The lowest BCUT2D eigenvalue weighted by molar-refractivity contribution is -0.144. The second kappa shape index (κ2) is 5.94. The summed E-state index contributed by atoms with van der Waals surface area (Å²) in [5.41, 5.74) is 1.55. The summed E-state index contributed by atoms with van der Waals surface area (Å²) < 4.78 is 38.1. The lowest BCUT2D eigenvalue weighted by atomic mass is 10.3. The highest BCUT2D eigenvalue weighted by Crippen LogP contribution is 2.28. The van der Waals surface area contributed by atoms with Crippen LogP contribution in [0.2, 0.25) is 0 Å². The molecule has 112 valence electrons. The highest BCUT2D eigenvalue weighted by atomic mass is 19.4. The van der Waals surface area contributed by atoms with Gasteiger partial charge >= 0.3 is 6.18 Å². The van der Waals surface area contributed by atoms with Gasteiger partial charge < -0.3 is 10.6 Å². The number of alkyl halides is 3. The maximum absolute atomic E-state index is 12.7. The zero-order chi connectivity index (χ0) is 15.5. The Hall–Kier alpha value is -2.38. The van der Waals surface area contributed by atoms with Crippen LogP contribution >= 0.6 is 0 Å². The normalized spacial score (nSPS) is 11.3. The molecule has 2 aromatic heterocycles. The molecule has 2 rings (SSSR count). The monoisotopic (exact) mass is 297 g/mol. The van der Waals surface area contributed by atoms with Crippen LogP contribution in [-0.2, 0) is 12.7 Å². The molecular weight excluding hydrogens is 283 g/mol. The Labute approximate surface area is 119 Å². The molecule has 0 aliphatic carbocycles. The van der Waals surface area contributed by atoms with Crippen LogP contribution in [0.5, 0.6) is 0 Å². The number of nitrogens with one attached hydrogen (secondary N) is 2. The van der Waals surface area contributed by atoms with Crippen molar-refractivity contribution in [1.82, 2.24) is 15.0 Å². The van der Waals surface area contributed by atoms with Crippen molar-refractivity contribution in [2.45, 2.75) is 19.6 Å². The van der Waals surface area contributed by atoms with Gasteiger partial charge in [-0.05, 0) is 19.1 Å². The fourth-order valence-electron chi connectivity index (χ4n) is 1.67. The summed E-state index contributed by atoms with van der Waals surface area (Å²) in [6.07, 6.45) is -4.59. The van der Waals surface area contributed by atoms with Crippen molar-refractivity contribution in [2.75, 3.05) is 17.7 Å². The molecule has 0 bridgehead atoms. The van der Waals surface area contributed by atoms with Crippen molar-refractivity contribution in [3.05, 3.63) is 41.5 Å². The SMILES string of the molecule is CNc1cc(NCc2cccc(C)n2)nc(C(F)(F)F)n1. The topological polar surface area (TPSA) is 62.7 Å². The summed E-state index contributed by atoms with van der Waals surface area (Å²) in [6, 6.07) is 6.87. The van der Waals surface area contributed by atoms with Crippen LogP contribution in [-0.4, -0.2) is 22.0 Å². The number of pyridine rings is 1. The molecule has 0 amide bonds. The first-order chi connectivity index (χ1) is 9.88. The maximum Gasteiger partial charge on any atom is 0.451 e. The number of anilines is 2. The molecule has 5 nitrogen and oxygen atoms in total. The molecule has 0 aliphatic rings. The standard InChI is InChI=1S/C13H14F3N5/c1-8-4-3-5-9(19-8)7-18-11-6-10(17-2)20-12(21-11)13(14,15)16/h3-6H,7H2,1-2H3,(H2,17,18,20,21). The average Bonchev–Trinajstić information content (AvgIpc) is 2.44. The Morgan fingerprint density at radius 1 is 1.10 bits per heavy atom. The average molecular weight is 297 g/mol. The van der Waals surface area contributed by atoms with E-state index in [9.17, 15) is 13.2 Å². The Bertz CT molecular complexity index is 627. The number of nitrogens with zero attached hydrogens (tertiary/aromatic N) is 3. The second-order valence-electron chi connectivity index (χ2n) is 4.33. The van der Waals surface area contributed by atoms with Crippen LogP contribution in [0.3, 0.4) is 0 Å². The molecule has 2 heterocycles. The van der Waals surface area contributed by atoms with Gasteiger partial charge in [-0.2, -0.15) is 13.2 Å². The molecular formula is C13H14F3N5. The Balaban J connectivity index is 2.19. The van der Waals surface area contributed by atoms with Gasteiger partial charge in [-0.1, -0.05) is 6.07 Å². The predicted molar refractivity (Wildman–Crippen MR) is 72.9 cm³/mol. The highest BCUT2D eigenvalue weighted by molar-refractivity contribution is 5.47. The van der Waals surface area contributed by atoms with Gasteiger partial charge in [0, 0.05) is 18.8 Å². The third kappa shape index (κ3) is 4.04. The third-order valence-corrected chi connectivity index (χ3v) is 2.63. The summed E-state index contributed by atoms with van der Waals surface area (Å²) >= 11 is 0. The van der Waals surface area contributed by atoms with Crippen molar-refractivity contribution in [2.24, 2.45) is 0 Å². The number of halogens is 3. The van der Waals surface area contributed by atoms with Crippen molar-refractivity contribution in [3.63, 3.8) is 0 Å². The number of hydrogen-bond acceptors (Lipinski definition) is 5. The molecule has 0 aromatic carbocycles. The lowest BCUT2D eigenvalue weighted by Gasteiger charge is -2.11. The van der Waals surface area contributed by atoms with Crippen molar-refractivity contribution < 1.29 is 13.2 Å². The van der Waals surface area contributed by atoms with Gasteiger partial charge in [-0.3, -0.25) is 4.98 Å². The summed E-state index contributed by atoms with van der Waals surface area (Å²) in [6.45, 7) is 2.12. The Morgan fingerprint density at radius 2 is 1.81 bits per heavy atom. The van der Waals surface area contributed by atoms with Gasteiger partial charge in [0.15, 0.2) is 0 Å². The first kappa shape index (κ1) is 15.0. The lowest BCUT2D eigenvalue weighted by Crippen LogP contribution is -2.14. The molecule has 8 heteroatoms. The van der Waals surface area contributed by atoms with Gasteiger partial charge in [-0.25, -0.2) is 9.97 Å². The van der Waals surface area contributed by atoms with E-state index in [2.05, 4.69) is 25.6 Å². The predicted octanol–water partition coefficient (Wildman–Crippen LogP) is 2.85. The van der Waals surface area contributed by atoms with Crippen LogP contribution in [0.4, 0.5) is 24.8 Å². The van der Waals surface area contributed by atoms with E-state index >= 15 is 0 Å². The van der Waals surface area contributed by atoms with Gasteiger partial charge in [-0.15, -0.1) is 0 Å². The first-order valence-corrected chi connectivity index (χ1v) is 6.19. The second-order valence-corrected chi connectivity index (χ2v) is 4.33. The fraction of sp³-hybridized carbons (Fsp3) is 0.308. The molecule has 0 spiro atoms. The van der Waals surface area contributed by atoms with Crippen molar-refractivity contribution >= 4 is 11.6 Å². The Kier molecular flexibility index (Phi) is 4.25. The van der Waals surface area contributed by atoms with Gasteiger partial charge in [0.1, 0.15) is 11.6 Å². The van der Waals surface area contributed by atoms with E-state index in [0.717, 1.165) is 5.69 Å². The molecule has 0 atom stereocenters. The van der Waals surface area contributed by atoms with Gasteiger partial charge in [0.2, 0.25) is 5.82 Å². The summed E-state index contributed by atoms with van der Waals surface area (Å²) in [5.74, 6) is -1.00. The van der Waals surface area contributed by atoms with Crippen LogP contribution < -0.4 is 10.6 Å². The zero-order valence-electron chi connectivity index (χ0n) is 11.5. The van der Waals surface area contributed by atoms with Crippen molar-refractivity contribution in [3.8, 4) is 0 Å². The van der Waals surface area contributed by atoms with Crippen LogP contribution in [0.25, 0.3) is 0 Å². The number of hydrogen-bond donors (Lipinski definition) is 2. The van der Waals surface area contributed by atoms with Crippen molar-refractivity contribution in [1.29, 1.82) is 0 Å². The summed E-state index contributed by atoms with van der Waals surface area (Å²) in [5, 5.41) is 5.40. The largest absolute Gasteiger partial charge is 0.451 e. The van der Waals surface area contributed by atoms with E-state index in [-0.39, 0.29) is 18.2 Å².